The number of ether oxygens (including phenoxy) is 1. The highest BCUT2D eigenvalue weighted by Crippen LogP contribution is 2.35. The normalized spacial score (nSPS) is 15.6. The lowest BCUT2D eigenvalue weighted by molar-refractivity contribution is 0.275. The van der Waals surface area contributed by atoms with Crippen LogP contribution in [-0.2, 0) is 6.42 Å². The second-order valence-corrected chi connectivity index (χ2v) is 5.14. The highest BCUT2D eigenvalue weighted by Gasteiger charge is 2.25. The van der Waals surface area contributed by atoms with Gasteiger partial charge in [0.2, 0.25) is 0 Å². The van der Waals surface area contributed by atoms with Gasteiger partial charge in [0.25, 0.3) is 0 Å². The summed E-state index contributed by atoms with van der Waals surface area (Å²) in [5, 5.41) is 0. The van der Waals surface area contributed by atoms with Crippen molar-refractivity contribution in [1.29, 1.82) is 0 Å². The molecule has 1 unspecified atom stereocenters. The van der Waals surface area contributed by atoms with E-state index in [9.17, 15) is 0 Å². The van der Waals surface area contributed by atoms with Gasteiger partial charge in [-0.25, -0.2) is 0 Å². The maximum Gasteiger partial charge on any atom is 0.119 e. The average molecular weight is 283 g/mol. The van der Waals surface area contributed by atoms with Crippen molar-refractivity contribution in [2.24, 2.45) is 0 Å². The van der Waals surface area contributed by atoms with Gasteiger partial charge in [0.05, 0.1) is 12.5 Å². The fraction of sp³-hybridized carbons (Fsp3) is 0.222. The monoisotopic (exact) mass is 282 g/mol. The number of hydrogen-bond acceptors (Lipinski definition) is 1. The molecule has 0 aromatic heterocycles. The molecule has 1 aliphatic rings. The zero-order valence-corrected chi connectivity index (χ0v) is 11.9. The molecule has 0 heterocycles. The molecule has 1 nitrogen and oxygen atoms in total. The van der Waals surface area contributed by atoms with Crippen LogP contribution in [0.5, 0.6) is 5.75 Å². The summed E-state index contributed by atoms with van der Waals surface area (Å²) in [4.78, 5) is 0. The Morgan fingerprint density at radius 3 is 2.65 bits per heavy atom. The van der Waals surface area contributed by atoms with Crippen molar-refractivity contribution in [2.75, 3.05) is 12.5 Å². The molecule has 2 heteroatoms. The quantitative estimate of drug-likeness (QED) is 0.611. The van der Waals surface area contributed by atoms with E-state index in [4.69, 9.17) is 16.3 Å². The molecule has 0 bridgehead atoms. The summed E-state index contributed by atoms with van der Waals surface area (Å²) in [6.07, 6.45) is 1.12. The van der Waals surface area contributed by atoms with Crippen LogP contribution >= 0.6 is 11.6 Å². The summed E-state index contributed by atoms with van der Waals surface area (Å²) in [5.74, 6) is 7.61. The van der Waals surface area contributed by atoms with E-state index in [1.165, 1.54) is 11.1 Å². The number of halogens is 1. The topological polar surface area (TPSA) is 9.23 Å². The Morgan fingerprint density at radius 2 is 1.90 bits per heavy atom. The van der Waals surface area contributed by atoms with Gasteiger partial charge in [-0.1, -0.05) is 36.1 Å². The Hall–Kier alpha value is -1.91. The zero-order valence-electron chi connectivity index (χ0n) is 11.1. The molecule has 100 valence electrons. The molecule has 1 aliphatic carbocycles. The summed E-state index contributed by atoms with van der Waals surface area (Å²) in [7, 11) is 0. The Morgan fingerprint density at radius 1 is 1.10 bits per heavy atom. The number of rotatable bonds is 3. The Kier molecular flexibility index (Phi) is 3.95. The summed E-state index contributed by atoms with van der Waals surface area (Å²) >= 11 is 5.53. The fourth-order valence-corrected chi connectivity index (χ4v) is 2.54. The molecule has 0 aliphatic heterocycles. The number of alkyl halides is 1. The Balaban J connectivity index is 1.57. The molecule has 0 radical (unpaired) electrons. The van der Waals surface area contributed by atoms with E-state index in [1.807, 2.05) is 24.3 Å². The summed E-state index contributed by atoms with van der Waals surface area (Å²) in [6, 6.07) is 16.4. The van der Waals surface area contributed by atoms with Gasteiger partial charge in [0, 0.05) is 11.5 Å². The van der Waals surface area contributed by atoms with Crippen LogP contribution < -0.4 is 4.74 Å². The van der Waals surface area contributed by atoms with Crippen molar-refractivity contribution < 1.29 is 4.74 Å². The maximum absolute atomic E-state index is 5.85. The smallest absolute Gasteiger partial charge is 0.119 e. The molecule has 2 aromatic rings. The van der Waals surface area contributed by atoms with Gasteiger partial charge in [-0.2, -0.15) is 0 Å². The van der Waals surface area contributed by atoms with Gasteiger partial charge in [-0.05, 0) is 41.8 Å². The van der Waals surface area contributed by atoms with E-state index < -0.39 is 0 Å². The lowest BCUT2D eigenvalue weighted by atomic mass is 9.78. The maximum atomic E-state index is 5.85. The summed E-state index contributed by atoms with van der Waals surface area (Å²) < 4.78 is 5.85. The van der Waals surface area contributed by atoms with Gasteiger partial charge in [0.15, 0.2) is 0 Å². The minimum absolute atomic E-state index is 0.360. The van der Waals surface area contributed by atoms with E-state index in [2.05, 4.69) is 36.1 Å². The largest absolute Gasteiger partial charge is 0.493 e. The van der Waals surface area contributed by atoms with Crippen LogP contribution in [0.3, 0.4) is 0 Å². The van der Waals surface area contributed by atoms with Gasteiger partial charge >= 0.3 is 0 Å². The molecular weight excluding hydrogens is 268 g/mol. The first-order chi connectivity index (χ1) is 9.86. The van der Waals surface area contributed by atoms with Crippen LogP contribution in [0.4, 0.5) is 0 Å². The van der Waals surface area contributed by atoms with Crippen molar-refractivity contribution in [3.05, 3.63) is 65.2 Å². The van der Waals surface area contributed by atoms with Crippen LogP contribution in [0.2, 0.25) is 0 Å². The predicted molar refractivity (Wildman–Crippen MR) is 82.4 cm³/mol. The van der Waals surface area contributed by atoms with Crippen LogP contribution in [0, 0.1) is 11.8 Å². The molecule has 3 rings (SSSR count). The molecule has 0 saturated heterocycles. The third-order valence-corrected chi connectivity index (χ3v) is 3.70. The van der Waals surface area contributed by atoms with E-state index in [1.54, 1.807) is 0 Å². The second-order valence-electron chi connectivity index (χ2n) is 4.87. The third kappa shape index (κ3) is 2.81. The first-order valence-electron chi connectivity index (χ1n) is 6.72. The van der Waals surface area contributed by atoms with Crippen molar-refractivity contribution in [1.82, 2.24) is 0 Å². The van der Waals surface area contributed by atoms with Crippen molar-refractivity contribution in [3.8, 4) is 17.6 Å². The minimum Gasteiger partial charge on any atom is -0.493 e. The number of benzene rings is 2. The van der Waals surface area contributed by atoms with Crippen molar-refractivity contribution in [3.63, 3.8) is 0 Å². The molecule has 0 amide bonds. The van der Waals surface area contributed by atoms with E-state index >= 15 is 0 Å². The summed E-state index contributed by atoms with van der Waals surface area (Å²) in [6.45, 7) is 0.740. The van der Waals surface area contributed by atoms with Crippen molar-refractivity contribution >= 4 is 11.6 Å². The van der Waals surface area contributed by atoms with E-state index in [0.29, 0.717) is 11.8 Å². The Bertz CT molecular complexity index is 649. The number of fused-ring (bicyclic) bond motifs is 1. The lowest BCUT2D eigenvalue weighted by Gasteiger charge is -2.29. The van der Waals surface area contributed by atoms with Gasteiger partial charge in [-0.3, -0.25) is 0 Å². The highest BCUT2D eigenvalue weighted by atomic mass is 35.5. The molecular formula is C18H15ClO. The average Bonchev–Trinajstić information content (AvgIpc) is 2.47. The first kappa shape index (κ1) is 13.1. The third-order valence-electron chi connectivity index (χ3n) is 3.57. The van der Waals surface area contributed by atoms with Crippen molar-refractivity contribution in [2.45, 2.75) is 12.3 Å². The molecule has 0 N–H and O–H groups in total. The minimum atomic E-state index is 0.360. The highest BCUT2D eigenvalue weighted by molar-refractivity contribution is 6.19. The summed E-state index contributed by atoms with van der Waals surface area (Å²) in [5.41, 5.74) is 3.84. The molecule has 1 atom stereocenters. The Labute approximate surface area is 124 Å². The molecule has 20 heavy (non-hydrogen) atoms. The van der Waals surface area contributed by atoms with E-state index in [0.717, 1.165) is 24.3 Å². The zero-order chi connectivity index (χ0) is 13.8. The van der Waals surface area contributed by atoms with Crippen LogP contribution in [-0.4, -0.2) is 12.5 Å². The van der Waals surface area contributed by atoms with Gasteiger partial charge in [0.1, 0.15) is 5.75 Å². The first-order valence-corrected chi connectivity index (χ1v) is 7.26. The fourth-order valence-electron chi connectivity index (χ4n) is 2.48. The lowest BCUT2D eigenvalue weighted by Crippen LogP contribution is -2.23. The van der Waals surface area contributed by atoms with Crippen LogP contribution in [0.25, 0.3) is 0 Å². The predicted octanol–water partition coefficient (Wildman–Crippen LogP) is 4.00. The molecule has 0 fully saturated rings. The molecule has 2 aromatic carbocycles. The van der Waals surface area contributed by atoms with E-state index in [-0.39, 0.29) is 0 Å². The second kappa shape index (κ2) is 6.03. The molecule has 0 saturated carbocycles. The number of hydrogen-bond donors (Lipinski definition) is 0. The van der Waals surface area contributed by atoms with Gasteiger partial charge < -0.3 is 4.74 Å². The van der Waals surface area contributed by atoms with Crippen LogP contribution in [0.15, 0.2) is 48.5 Å². The molecule has 0 spiro atoms. The standard InChI is InChI=1S/C18H15ClO/c19-11-3-4-14-7-9-17(10-8-14)20-13-16-12-15-5-1-2-6-18(15)16/h1-2,5-10,16H,11-13H2. The van der Waals surface area contributed by atoms with Crippen LogP contribution in [0.1, 0.15) is 22.6 Å². The van der Waals surface area contributed by atoms with Gasteiger partial charge in [-0.15, -0.1) is 11.6 Å². The SMILES string of the molecule is ClCC#Cc1ccc(OCC2Cc3ccccc32)cc1.